The number of rotatable bonds is 6. The summed E-state index contributed by atoms with van der Waals surface area (Å²) in [6, 6.07) is 10.4. The van der Waals surface area contributed by atoms with Gasteiger partial charge >= 0.3 is 5.63 Å². The van der Waals surface area contributed by atoms with E-state index in [1.54, 1.807) is 12.3 Å². The number of nitrogens with zero attached hydrogens (tertiary/aromatic N) is 1. The van der Waals surface area contributed by atoms with Gasteiger partial charge < -0.3 is 8.83 Å². The van der Waals surface area contributed by atoms with Crippen molar-refractivity contribution in [3.05, 3.63) is 69.5 Å². The Hall–Kier alpha value is -2.33. The molecule has 136 valence electrons. The third kappa shape index (κ3) is 3.47. The molecule has 0 bridgehead atoms. The van der Waals surface area contributed by atoms with Crippen molar-refractivity contribution in [3.63, 3.8) is 0 Å². The SMILES string of the molecule is Cc1cc2oc(=O)cc(CN(Cc3ccco3)C3CC3)c2cc1C(C)C. The molecule has 0 saturated heterocycles. The molecule has 1 fully saturated rings. The highest BCUT2D eigenvalue weighted by atomic mass is 16.4. The summed E-state index contributed by atoms with van der Waals surface area (Å²) >= 11 is 0. The molecule has 2 aromatic heterocycles. The fourth-order valence-corrected chi connectivity index (χ4v) is 3.72. The first-order valence-electron chi connectivity index (χ1n) is 9.35. The van der Waals surface area contributed by atoms with Gasteiger partial charge in [0.05, 0.1) is 12.8 Å². The molecule has 0 aliphatic heterocycles. The van der Waals surface area contributed by atoms with E-state index >= 15 is 0 Å². The van der Waals surface area contributed by atoms with E-state index < -0.39 is 0 Å². The van der Waals surface area contributed by atoms with E-state index in [-0.39, 0.29) is 5.63 Å². The lowest BCUT2D eigenvalue weighted by Crippen LogP contribution is -2.25. The first kappa shape index (κ1) is 17.1. The molecule has 0 N–H and O–H groups in total. The number of hydrogen-bond acceptors (Lipinski definition) is 4. The summed E-state index contributed by atoms with van der Waals surface area (Å²) in [5.41, 5.74) is 3.91. The predicted octanol–water partition coefficient (Wildman–Crippen LogP) is 4.98. The van der Waals surface area contributed by atoms with Crippen molar-refractivity contribution >= 4 is 11.0 Å². The van der Waals surface area contributed by atoms with Crippen LogP contribution in [0.4, 0.5) is 0 Å². The van der Waals surface area contributed by atoms with E-state index in [1.165, 1.54) is 24.0 Å². The van der Waals surface area contributed by atoms with Crippen LogP contribution in [-0.2, 0) is 13.1 Å². The van der Waals surface area contributed by atoms with Crippen LogP contribution in [-0.4, -0.2) is 10.9 Å². The van der Waals surface area contributed by atoms with Crippen molar-refractivity contribution in [2.75, 3.05) is 0 Å². The zero-order chi connectivity index (χ0) is 18.3. The Morgan fingerprint density at radius 2 is 2.00 bits per heavy atom. The van der Waals surface area contributed by atoms with E-state index in [2.05, 4.69) is 31.7 Å². The van der Waals surface area contributed by atoms with Gasteiger partial charge in [-0.3, -0.25) is 4.90 Å². The third-order valence-electron chi connectivity index (χ3n) is 5.21. The molecular weight excluding hydrogens is 326 g/mol. The zero-order valence-electron chi connectivity index (χ0n) is 15.6. The molecule has 0 spiro atoms. The molecule has 0 unspecified atom stereocenters. The molecule has 0 radical (unpaired) electrons. The normalized spacial score (nSPS) is 14.7. The Labute approximate surface area is 153 Å². The second kappa shape index (κ2) is 6.76. The number of hydrogen-bond donors (Lipinski definition) is 0. The van der Waals surface area contributed by atoms with Crippen LogP contribution < -0.4 is 5.63 Å². The highest BCUT2D eigenvalue weighted by Crippen LogP contribution is 2.32. The van der Waals surface area contributed by atoms with Gasteiger partial charge in [0.25, 0.3) is 0 Å². The summed E-state index contributed by atoms with van der Waals surface area (Å²) in [5, 5.41) is 1.05. The second-order valence-corrected chi connectivity index (χ2v) is 7.67. The van der Waals surface area contributed by atoms with Gasteiger partial charge in [-0.05, 0) is 66.6 Å². The Kier molecular flexibility index (Phi) is 4.45. The van der Waals surface area contributed by atoms with E-state index in [9.17, 15) is 4.79 Å². The van der Waals surface area contributed by atoms with E-state index in [0.29, 0.717) is 17.5 Å². The standard InChI is InChI=1S/C22H25NO3/c1-14(2)19-11-20-16(10-22(24)26-21(20)9-15(19)3)12-23(17-6-7-17)13-18-5-4-8-25-18/h4-5,8-11,14,17H,6-7,12-13H2,1-3H3. The van der Waals surface area contributed by atoms with Crippen LogP contribution in [0.15, 0.2) is 50.2 Å². The van der Waals surface area contributed by atoms with Crippen LogP contribution in [0.2, 0.25) is 0 Å². The van der Waals surface area contributed by atoms with Crippen LogP contribution in [0.3, 0.4) is 0 Å². The molecule has 1 aliphatic carbocycles. The Morgan fingerprint density at radius 1 is 1.19 bits per heavy atom. The summed E-state index contributed by atoms with van der Waals surface area (Å²) in [6.45, 7) is 7.96. The maximum Gasteiger partial charge on any atom is 0.336 e. The van der Waals surface area contributed by atoms with Gasteiger partial charge in [-0.15, -0.1) is 0 Å². The second-order valence-electron chi connectivity index (χ2n) is 7.67. The molecule has 2 heterocycles. The quantitative estimate of drug-likeness (QED) is 0.588. The molecule has 4 nitrogen and oxygen atoms in total. The summed E-state index contributed by atoms with van der Waals surface area (Å²) in [7, 11) is 0. The Morgan fingerprint density at radius 3 is 2.65 bits per heavy atom. The average molecular weight is 351 g/mol. The lowest BCUT2D eigenvalue weighted by atomic mass is 9.95. The van der Waals surface area contributed by atoms with Crippen LogP contribution >= 0.6 is 0 Å². The molecule has 4 rings (SSSR count). The fourth-order valence-electron chi connectivity index (χ4n) is 3.72. The van der Waals surface area contributed by atoms with Gasteiger partial charge in [-0.25, -0.2) is 4.79 Å². The molecule has 26 heavy (non-hydrogen) atoms. The first-order chi connectivity index (χ1) is 12.5. The van der Waals surface area contributed by atoms with Crippen LogP contribution in [0.5, 0.6) is 0 Å². The third-order valence-corrected chi connectivity index (χ3v) is 5.21. The molecule has 1 aliphatic rings. The van der Waals surface area contributed by atoms with Gasteiger partial charge in [0.15, 0.2) is 0 Å². The molecule has 1 saturated carbocycles. The van der Waals surface area contributed by atoms with Crippen LogP contribution in [0.25, 0.3) is 11.0 Å². The van der Waals surface area contributed by atoms with Crippen molar-refractivity contribution in [1.29, 1.82) is 0 Å². The van der Waals surface area contributed by atoms with Crippen molar-refractivity contribution in [2.45, 2.75) is 58.7 Å². The first-order valence-corrected chi connectivity index (χ1v) is 9.35. The molecule has 0 amide bonds. The molecule has 1 aromatic carbocycles. The highest BCUT2D eigenvalue weighted by Gasteiger charge is 2.30. The van der Waals surface area contributed by atoms with E-state index in [0.717, 1.165) is 29.8 Å². The molecule has 0 atom stereocenters. The van der Waals surface area contributed by atoms with Gasteiger partial charge in [0, 0.05) is 24.0 Å². The van der Waals surface area contributed by atoms with Crippen molar-refractivity contribution in [2.24, 2.45) is 0 Å². The number of furan rings is 1. The van der Waals surface area contributed by atoms with E-state index in [4.69, 9.17) is 8.83 Å². The minimum Gasteiger partial charge on any atom is -0.468 e. The predicted molar refractivity (Wildman–Crippen MR) is 102 cm³/mol. The van der Waals surface area contributed by atoms with Crippen molar-refractivity contribution in [3.8, 4) is 0 Å². The summed E-state index contributed by atoms with van der Waals surface area (Å²) < 4.78 is 11.0. The van der Waals surface area contributed by atoms with E-state index in [1.807, 2.05) is 18.2 Å². The zero-order valence-corrected chi connectivity index (χ0v) is 15.6. The topological polar surface area (TPSA) is 46.6 Å². The average Bonchev–Trinajstić information content (AvgIpc) is 3.30. The van der Waals surface area contributed by atoms with Gasteiger partial charge in [-0.1, -0.05) is 13.8 Å². The Bertz CT molecular complexity index is 965. The lowest BCUT2D eigenvalue weighted by Gasteiger charge is -2.22. The number of benzene rings is 1. The van der Waals surface area contributed by atoms with Gasteiger partial charge in [0.2, 0.25) is 0 Å². The smallest absolute Gasteiger partial charge is 0.336 e. The fraction of sp³-hybridized carbons (Fsp3) is 0.409. The molecule has 4 heteroatoms. The number of fused-ring (bicyclic) bond motifs is 1. The highest BCUT2D eigenvalue weighted by molar-refractivity contribution is 5.82. The summed E-state index contributed by atoms with van der Waals surface area (Å²) in [6.07, 6.45) is 4.12. The van der Waals surface area contributed by atoms with Gasteiger partial charge in [-0.2, -0.15) is 0 Å². The van der Waals surface area contributed by atoms with Crippen molar-refractivity contribution in [1.82, 2.24) is 4.90 Å². The van der Waals surface area contributed by atoms with Crippen LogP contribution in [0, 0.1) is 6.92 Å². The number of aryl methyl sites for hydroxylation is 1. The lowest BCUT2D eigenvalue weighted by molar-refractivity contribution is 0.225. The summed E-state index contributed by atoms with van der Waals surface area (Å²) in [5.74, 6) is 1.39. The van der Waals surface area contributed by atoms with Crippen molar-refractivity contribution < 1.29 is 8.83 Å². The Balaban J connectivity index is 1.74. The maximum absolute atomic E-state index is 12.1. The molecular formula is C22H25NO3. The monoisotopic (exact) mass is 351 g/mol. The summed E-state index contributed by atoms with van der Waals surface area (Å²) in [4.78, 5) is 14.5. The molecule has 3 aromatic rings. The van der Waals surface area contributed by atoms with Crippen LogP contribution in [0.1, 0.15) is 55.1 Å². The maximum atomic E-state index is 12.1. The largest absolute Gasteiger partial charge is 0.468 e. The van der Waals surface area contributed by atoms with Gasteiger partial charge in [0.1, 0.15) is 11.3 Å². The minimum atomic E-state index is -0.280. The minimum absolute atomic E-state index is 0.280.